The summed E-state index contributed by atoms with van der Waals surface area (Å²) in [4.78, 5) is 48.9. The van der Waals surface area contributed by atoms with Gasteiger partial charge < -0.3 is 18.9 Å². The van der Waals surface area contributed by atoms with Gasteiger partial charge in [0, 0.05) is 0 Å². The molecule has 0 heterocycles. The van der Waals surface area contributed by atoms with E-state index in [2.05, 4.69) is 0 Å². The van der Waals surface area contributed by atoms with E-state index in [9.17, 15) is 19.2 Å². The third-order valence-electron chi connectivity index (χ3n) is 6.96. The maximum atomic E-state index is 12.2. The molecule has 4 aromatic carbocycles. The van der Waals surface area contributed by atoms with Crippen molar-refractivity contribution in [2.45, 2.75) is 0 Å². The third-order valence-corrected chi connectivity index (χ3v) is 11.8. The van der Waals surface area contributed by atoms with Gasteiger partial charge in [-0.3, -0.25) is 0 Å². The molecule has 0 atom stereocenters. The van der Waals surface area contributed by atoms with Gasteiger partial charge in [0.1, 0.15) is 0 Å². The van der Waals surface area contributed by atoms with Crippen LogP contribution in [-0.2, 0) is 18.9 Å². The minimum atomic E-state index is -3.18. The lowest BCUT2D eigenvalue weighted by Crippen LogP contribution is -2.74. The second-order valence-corrected chi connectivity index (χ2v) is 12.8. The maximum Gasteiger partial charge on any atom is 0.337 e. The molecule has 0 radical (unpaired) electrons. The lowest BCUT2D eigenvalue weighted by Gasteiger charge is -2.34. The van der Waals surface area contributed by atoms with Gasteiger partial charge in [-0.05, 0) is 69.3 Å². The second kappa shape index (κ2) is 12.4. The molecule has 0 spiro atoms. The van der Waals surface area contributed by atoms with Crippen LogP contribution in [0.25, 0.3) is 0 Å². The van der Waals surface area contributed by atoms with Crippen LogP contribution in [0.2, 0.25) is 0 Å². The minimum absolute atomic E-state index is 0.391. The molecule has 9 heteroatoms. The maximum absolute atomic E-state index is 12.2. The van der Waals surface area contributed by atoms with Gasteiger partial charge in [-0.1, -0.05) is 48.5 Å². The highest BCUT2D eigenvalue weighted by Gasteiger charge is 2.42. The Morgan fingerprint density at radius 1 is 0.366 bits per heavy atom. The fourth-order valence-corrected chi connectivity index (χ4v) is 9.56. The first-order valence-corrected chi connectivity index (χ1v) is 14.6. The van der Waals surface area contributed by atoms with E-state index in [0.717, 1.165) is 20.7 Å². The van der Waals surface area contributed by atoms with E-state index in [0.29, 0.717) is 22.3 Å². The topological polar surface area (TPSA) is 105 Å². The summed E-state index contributed by atoms with van der Waals surface area (Å²) in [6.07, 6.45) is 0. The quantitative estimate of drug-likeness (QED) is 0.138. The number of benzene rings is 4. The van der Waals surface area contributed by atoms with Crippen molar-refractivity contribution in [1.29, 1.82) is 0 Å². The Labute approximate surface area is 238 Å². The Hall–Kier alpha value is -5.02. The minimum Gasteiger partial charge on any atom is -0.465 e. The molecule has 0 aromatic heterocycles. The van der Waals surface area contributed by atoms with Crippen LogP contribution >= 0.6 is 0 Å². The molecule has 0 fully saturated rings. The predicted octanol–water partition coefficient (Wildman–Crippen LogP) is 2.21. The van der Waals surface area contributed by atoms with Crippen molar-refractivity contribution in [2.24, 2.45) is 0 Å². The van der Waals surface area contributed by atoms with Gasteiger partial charge in [0.2, 0.25) is 0 Å². The Kier molecular flexibility index (Phi) is 8.79. The average Bonchev–Trinajstić information content (AvgIpc) is 3.04. The third kappa shape index (κ3) is 5.52. The summed E-state index contributed by atoms with van der Waals surface area (Å²) < 4.78 is 19.6. The highest BCUT2D eigenvalue weighted by Crippen LogP contribution is 2.14. The van der Waals surface area contributed by atoms with Crippen molar-refractivity contribution in [2.75, 3.05) is 28.4 Å². The van der Waals surface area contributed by atoms with E-state index >= 15 is 0 Å². The zero-order chi connectivity index (χ0) is 29.6. The van der Waals surface area contributed by atoms with Crippen LogP contribution in [0.3, 0.4) is 0 Å². The summed E-state index contributed by atoms with van der Waals surface area (Å²) in [5.41, 5.74) is 1.56. The van der Waals surface area contributed by atoms with Crippen LogP contribution in [0.15, 0.2) is 97.1 Å². The van der Waals surface area contributed by atoms with Crippen molar-refractivity contribution in [3.05, 3.63) is 119 Å². The van der Waals surface area contributed by atoms with Gasteiger partial charge in [0.25, 0.3) is 0 Å². The van der Waals surface area contributed by atoms with Crippen molar-refractivity contribution in [3.63, 3.8) is 0 Å². The van der Waals surface area contributed by atoms with Gasteiger partial charge in [-0.15, -0.1) is 0 Å². The molecule has 41 heavy (non-hydrogen) atoms. The predicted molar refractivity (Wildman–Crippen MR) is 155 cm³/mol. The molecule has 0 aliphatic rings. The zero-order valence-corrected chi connectivity index (χ0v) is 24.0. The van der Waals surface area contributed by atoms with Crippen molar-refractivity contribution >= 4 is 52.7 Å². The molecular formula is C32H28O8Si. The molecule has 208 valence electrons. The van der Waals surface area contributed by atoms with Crippen LogP contribution < -0.4 is 20.7 Å². The van der Waals surface area contributed by atoms with Crippen LogP contribution in [0.1, 0.15) is 41.4 Å². The Balaban J connectivity index is 2.05. The number of ether oxygens (including phenoxy) is 4. The molecule has 0 bridgehead atoms. The largest absolute Gasteiger partial charge is 0.465 e. The smallest absolute Gasteiger partial charge is 0.337 e. The number of esters is 4. The van der Waals surface area contributed by atoms with Gasteiger partial charge >= 0.3 is 23.9 Å². The van der Waals surface area contributed by atoms with Gasteiger partial charge in [0.05, 0.1) is 50.7 Å². The molecular weight excluding hydrogens is 540 g/mol. The van der Waals surface area contributed by atoms with Crippen molar-refractivity contribution < 1.29 is 38.1 Å². The van der Waals surface area contributed by atoms with E-state index in [4.69, 9.17) is 18.9 Å². The number of carbonyl (C=O) groups excluding carboxylic acids is 4. The Morgan fingerprint density at radius 3 is 0.683 bits per heavy atom. The first-order valence-electron chi connectivity index (χ1n) is 12.6. The number of carbonyl (C=O) groups is 4. The summed E-state index contributed by atoms with van der Waals surface area (Å²) >= 11 is 0. The summed E-state index contributed by atoms with van der Waals surface area (Å²) in [5.74, 6) is -1.85. The van der Waals surface area contributed by atoms with Crippen LogP contribution in [-0.4, -0.2) is 60.4 Å². The summed E-state index contributed by atoms with van der Waals surface area (Å²) in [7, 11) is 2.11. The molecule has 0 amide bonds. The summed E-state index contributed by atoms with van der Waals surface area (Å²) in [6, 6.07) is 28.7. The Morgan fingerprint density at radius 2 is 0.537 bits per heavy atom. The van der Waals surface area contributed by atoms with E-state index in [-0.39, 0.29) is 0 Å². The van der Waals surface area contributed by atoms with Gasteiger partial charge in [0.15, 0.2) is 8.07 Å². The van der Waals surface area contributed by atoms with Crippen molar-refractivity contribution in [3.8, 4) is 0 Å². The fraction of sp³-hybridized carbons (Fsp3) is 0.125. The van der Waals surface area contributed by atoms with Gasteiger partial charge in [-0.2, -0.15) is 0 Å². The molecule has 0 aliphatic heterocycles. The number of hydrogen-bond acceptors (Lipinski definition) is 8. The molecule has 0 saturated carbocycles. The van der Waals surface area contributed by atoms with E-state index in [1.807, 2.05) is 48.5 Å². The first-order chi connectivity index (χ1) is 19.8. The van der Waals surface area contributed by atoms with Crippen molar-refractivity contribution in [1.82, 2.24) is 0 Å². The lowest BCUT2D eigenvalue weighted by atomic mass is 10.2. The second-order valence-electron chi connectivity index (χ2n) is 9.03. The zero-order valence-electron chi connectivity index (χ0n) is 23.0. The lowest BCUT2D eigenvalue weighted by molar-refractivity contribution is 0.0592. The number of methoxy groups -OCH3 is 4. The molecule has 4 rings (SSSR count). The highest BCUT2D eigenvalue weighted by molar-refractivity contribution is 7.19. The average molecular weight is 569 g/mol. The summed E-state index contributed by atoms with van der Waals surface area (Å²) in [5, 5.41) is 3.64. The molecule has 0 N–H and O–H groups in total. The van der Waals surface area contributed by atoms with E-state index in [1.54, 1.807) is 48.5 Å². The first kappa shape index (κ1) is 29.0. The number of rotatable bonds is 8. The molecule has 0 aliphatic carbocycles. The molecule has 0 unspecified atom stereocenters. The molecule has 8 nitrogen and oxygen atoms in total. The van der Waals surface area contributed by atoms with Crippen LogP contribution in [0.4, 0.5) is 0 Å². The number of hydrogen-bond donors (Lipinski definition) is 0. The standard InChI is InChI=1S/C32H28O8Si/c1-37-29(33)21-5-13-25(14-6-21)41(26-15-7-22(8-16-26)30(34)38-2,27-17-9-23(10-18-27)31(35)39-3)28-19-11-24(12-20-28)32(36)40-4/h5-20H,1-4H3. The van der Waals surface area contributed by atoms with Gasteiger partial charge in [-0.25, -0.2) is 19.2 Å². The fourth-order valence-electron chi connectivity index (χ4n) is 4.90. The van der Waals surface area contributed by atoms with E-state index < -0.39 is 32.0 Å². The normalized spacial score (nSPS) is 10.8. The molecule has 4 aromatic rings. The van der Waals surface area contributed by atoms with E-state index in [1.165, 1.54) is 28.4 Å². The monoisotopic (exact) mass is 568 g/mol. The Bertz CT molecular complexity index is 1320. The highest BCUT2D eigenvalue weighted by atomic mass is 28.3. The SMILES string of the molecule is COC(=O)c1ccc([Si](c2ccc(C(=O)OC)cc2)(c2ccc(C(=O)OC)cc2)c2ccc(C(=O)OC)cc2)cc1. The van der Waals surface area contributed by atoms with Crippen LogP contribution in [0.5, 0.6) is 0 Å². The summed E-state index contributed by atoms with van der Waals surface area (Å²) in [6.45, 7) is 0. The molecule has 0 saturated heterocycles. The van der Waals surface area contributed by atoms with Crippen LogP contribution in [0, 0.1) is 0 Å².